The number of halogens is 2. The lowest BCUT2D eigenvalue weighted by atomic mass is 10.1. The summed E-state index contributed by atoms with van der Waals surface area (Å²) in [5.74, 6) is -0.238. The lowest BCUT2D eigenvalue weighted by Crippen LogP contribution is -2.26. The first-order valence-electron chi connectivity index (χ1n) is 7.70. The van der Waals surface area contributed by atoms with Gasteiger partial charge in [-0.2, -0.15) is 0 Å². The first-order valence-corrected chi connectivity index (χ1v) is 8.46. The Morgan fingerprint density at radius 1 is 1.12 bits per heavy atom. The number of nitrogens with two attached hydrogens (primary N) is 1. The molecule has 7 heteroatoms. The van der Waals surface area contributed by atoms with Gasteiger partial charge < -0.3 is 9.47 Å². The van der Waals surface area contributed by atoms with Crippen molar-refractivity contribution in [2.24, 2.45) is 5.73 Å². The van der Waals surface area contributed by atoms with E-state index in [9.17, 15) is 9.59 Å². The van der Waals surface area contributed by atoms with E-state index in [1.165, 1.54) is 12.1 Å². The molecule has 0 amide bonds. The number of allylic oxidation sites excluding steroid dienone is 1. The number of ether oxygens (including phenoxy) is 2. The van der Waals surface area contributed by atoms with E-state index in [1.807, 2.05) is 0 Å². The molecular weight excluding hydrogens is 377 g/mol. The predicted octanol–water partition coefficient (Wildman–Crippen LogP) is 4.12. The molecule has 0 unspecified atom stereocenters. The van der Waals surface area contributed by atoms with Crippen LogP contribution < -0.4 is 10.5 Å². The SMILES string of the molecule is C[C@@H](N)OC(=O)COc1ccc(/C=C/C(=O)c2ccc(Cl)c(Cl)c2)cc1. The summed E-state index contributed by atoms with van der Waals surface area (Å²) in [6.07, 6.45) is 2.43. The summed E-state index contributed by atoms with van der Waals surface area (Å²) in [6.45, 7) is 1.32. The molecule has 0 bridgehead atoms. The minimum Gasteiger partial charge on any atom is -0.482 e. The fourth-order valence-corrected chi connectivity index (χ4v) is 2.27. The molecule has 0 aliphatic carbocycles. The summed E-state index contributed by atoms with van der Waals surface area (Å²) in [5.41, 5.74) is 6.59. The Morgan fingerprint density at radius 2 is 1.81 bits per heavy atom. The molecule has 0 saturated carbocycles. The maximum absolute atomic E-state index is 12.1. The molecular formula is C19H17Cl2NO4. The maximum Gasteiger partial charge on any atom is 0.345 e. The Bertz CT molecular complexity index is 817. The van der Waals surface area contributed by atoms with Crippen LogP contribution in [0.1, 0.15) is 22.8 Å². The fourth-order valence-electron chi connectivity index (χ4n) is 1.98. The van der Waals surface area contributed by atoms with E-state index in [1.54, 1.807) is 49.4 Å². The number of carbonyl (C=O) groups is 2. The number of ketones is 1. The van der Waals surface area contributed by atoms with Crippen LogP contribution in [0.2, 0.25) is 10.0 Å². The van der Waals surface area contributed by atoms with Crippen LogP contribution in [0.4, 0.5) is 0 Å². The molecule has 0 aliphatic heterocycles. The van der Waals surface area contributed by atoms with Gasteiger partial charge in [0.25, 0.3) is 0 Å². The van der Waals surface area contributed by atoms with Crippen LogP contribution in [0, 0.1) is 0 Å². The van der Waals surface area contributed by atoms with Crippen LogP contribution in [0.25, 0.3) is 6.08 Å². The Morgan fingerprint density at radius 3 is 2.42 bits per heavy atom. The molecule has 0 aromatic heterocycles. The highest BCUT2D eigenvalue weighted by atomic mass is 35.5. The molecule has 0 fully saturated rings. The zero-order valence-electron chi connectivity index (χ0n) is 13.9. The standard InChI is InChI=1S/C19H17Cl2NO4/c1-12(22)26-19(24)11-25-15-6-2-13(3-7-15)4-9-18(23)14-5-8-16(20)17(21)10-14/h2-10,12H,11,22H2,1H3/b9-4+/t12-/m0/s1. The number of carbonyl (C=O) groups excluding carboxylic acids is 2. The second-order valence-corrected chi connectivity index (χ2v) is 6.19. The average Bonchev–Trinajstić information content (AvgIpc) is 2.60. The van der Waals surface area contributed by atoms with Crippen molar-refractivity contribution in [1.82, 2.24) is 0 Å². The highest BCUT2D eigenvalue weighted by Crippen LogP contribution is 2.23. The van der Waals surface area contributed by atoms with Gasteiger partial charge in [-0.25, -0.2) is 4.79 Å². The number of esters is 1. The molecule has 0 saturated heterocycles. The first kappa shape index (κ1) is 20.0. The van der Waals surface area contributed by atoms with Gasteiger partial charge in [0.2, 0.25) is 0 Å². The molecule has 2 aromatic rings. The maximum atomic E-state index is 12.1. The fraction of sp³-hybridized carbons (Fsp3) is 0.158. The topological polar surface area (TPSA) is 78.6 Å². The summed E-state index contributed by atoms with van der Waals surface area (Å²) < 4.78 is 10.1. The minimum atomic E-state index is -0.674. The normalized spacial score (nSPS) is 12.0. The molecule has 26 heavy (non-hydrogen) atoms. The van der Waals surface area contributed by atoms with Crippen LogP contribution >= 0.6 is 23.2 Å². The lowest BCUT2D eigenvalue weighted by molar-refractivity contribution is -0.150. The molecule has 5 nitrogen and oxygen atoms in total. The highest BCUT2D eigenvalue weighted by Gasteiger charge is 2.07. The molecule has 0 heterocycles. The van der Waals surface area contributed by atoms with Crippen LogP contribution in [-0.4, -0.2) is 24.6 Å². The zero-order valence-corrected chi connectivity index (χ0v) is 15.5. The Labute approximate surface area is 161 Å². The lowest BCUT2D eigenvalue weighted by Gasteiger charge is -2.09. The van der Waals surface area contributed by atoms with Gasteiger partial charge in [0.1, 0.15) is 12.0 Å². The molecule has 2 N–H and O–H groups in total. The van der Waals surface area contributed by atoms with Crippen molar-refractivity contribution in [3.8, 4) is 5.75 Å². The van der Waals surface area contributed by atoms with Crippen LogP contribution in [-0.2, 0) is 9.53 Å². The van der Waals surface area contributed by atoms with Crippen LogP contribution in [0.15, 0.2) is 48.5 Å². The van der Waals surface area contributed by atoms with E-state index >= 15 is 0 Å². The van der Waals surface area contributed by atoms with Crippen molar-refractivity contribution in [2.45, 2.75) is 13.2 Å². The number of hydrogen-bond donors (Lipinski definition) is 1. The monoisotopic (exact) mass is 393 g/mol. The van der Waals surface area contributed by atoms with Gasteiger partial charge in [-0.15, -0.1) is 0 Å². The van der Waals surface area contributed by atoms with Gasteiger partial charge in [-0.3, -0.25) is 10.5 Å². The molecule has 0 radical (unpaired) electrons. The van der Waals surface area contributed by atoms with Crippen molar-refractivity contribution in [1.29, 1.82) is 0 Å². The number of benzene rings is 2. The van der Waals surface area contributed by atoms with Crippen molar-refractivity contribution in [3.05, 3.63) is 69.7 Å². The Kier molecular flexibility index (Phi) is 7.21. The van der Waals surface area contributed by atoms with Crippen LogP contribution in [0.3, 0.4) is 0 Å². The third kappa shape index (κ3) is 6.19. The van der Waals surface area contributed by atoms with Gasteiger partial charge in [0.05, 0.1) is 10.0 Å². The van der Waals surface area contributed by atoms with Gasteiger partial charge in [0.15, 0.2) is 12.4 Å². The quantitative estimate of drug-likeness (QED) is 0.331. The Balaban J connectivity index is 1.93. The first-order chi connectivity index (χ1) is 12.3. The van der Waals surface area contributed by atoms with E-state index in [0.717, 1.165) is 5.56 Å². The van der Waals surface area contributed by atoms with Gasteiger partial charge in [0, 0.05) is 5.56 Å². The van der Waals surface area contributed by atoms with Gasteiger partial charge >= 0.3 is 5.97 Å². The second kappa shape index (κ2) is 9.38. The highest BCUT2D eigenvalue weighted by molar-refractivity contribution is 6.42. The summed E-state index contributed by atoms with van der Waals surface area (Å²) in [6, 6.07) is 11.6. The van der Waals surface area contributed by atoms with Gasteiger partial charge in [-0.1, -0.05) is 41.4 Å². The molecule has 136 valence electrons. The summed E-state index contributed by atoms with van der Waals surface area (Å²) in [5, 5.41) is 0.725. The molecule has 1 atom stereocenters. The van der Waals surface area contributed by atoms with Crippen molar-refractivity contribution in [2.75, 3.05) is 6.61 Å². The smallest absolute Gasteiger partial charge is 0.345 e. The molecule has 0 aliphatic rings. The molecule has 2 rings (SSSR count). The van der Waals surface area contributed by atoms with E-state index in [0.29, 0.717) is 21.4 Å². The number of rotatable bonds is 7. The largest absolute Gasteiger partial charge is 0.482 e. The summed E-state index contributed by atoms with van der Waals surface area (Å²) in [7, 11) is 0. The third-order valence-corrected chi connectivity index (χ3v) is 3.92. The zero-order chi connectivity index (χ0) is 19.1. The van der Waals surface area contributed by atoms with Crippen LogP contribution in [0.5, 0.6) is 5.75 Å². The van der Waals surface area contributed by atoms with Crippen molar-refractivity contribution < 1.29 is 19.1 Å². The summed E-state index contributed by atoms with van der Waals surface area (Å²) >= 11 is 11.7. The number of hydrogen-bond acceptors (Lipinski definition) is 5. The van der Waals surface area contributed by atoms with E-state index < -0.39 is 12.2 Å². The third-order valence-electron chi connectivity index (χ3n) is 3.19. The molecule has 2 aromatic carbocycles. The van der Waals surface area contributed by atoms with Crippen molar-refractivity contribution in [3.63, 3.8) is 0 Å². The minimum absolute atomic E-state index is 0.192. The molecule has 0 spiro atoms. The summed E-state index contributed by atoms with van der Waals surface area (Å²) in [4.78, 5) is 23.5. The van der Waals surface area contributed by atoms with E-state index in [-0.39, 0.29) is 12.4 Å². The van der Waals surface area contributed by atoms with Crippen molar-refractivity contribution >= 4 is 41.0 Å². The van der Waals surface area contributed by atoms with E-state index in [4.69, 9.17) is 38.4 Å². The second-order valence-electron chi connectivity index (χ2n) is 5.38. The van der Waals surface area contributed by atoms with Gasteiger partial charge in [-0.05, 0) is 48.9 Å². The van der Waals surface area contributed by atoms with E-state index in [2.05, 4.69) is 0 Å². The Hall–Kier alpha value is -2.34. The predicted molar refractivity (Wildman–Crippen MR) is 102 cm³/mol. The average molecular weight is 394 g/mol.